The summed E-state index contributed by atoms with van der Waals surface area (Å²) in [6.07, 6.45) is 0. The number of hydrogen-bond donors (Lipinski definition) is 2. The number of aromatic amines is 1. The Morgan fingerprint density at radius 1 is 1.53 bits per heavy atom. The first-order valence-electron chi connectivity index (χ1n) is 5.67. The van der Waals surface area contributed by atoms with Gasteiger partial charge in [-0.05, 0) is 31.3 Å². The minimum absolute atomic E-state index is 0.00568. The summed E-state index contributed by atoms with van der Waals surface area (Å²) in [5.41, 5.74) is 0.00568. The molecule has 2 aromatic rings. The lowest BCUT2D eigenvalue weighted by Gasteiger charge is -2.13. The zero-order valence-electron chi connectivity index (χ0n) is 10.5. The summed E-state index contributed by atoms with van der Waals surface area (Å²) < 4.78 is 15.6. The highest BCUT2D eigenvalue weighted by Gasteiger charge is 2.17. The van der Waals surface area contributed by atoms with Gasteiger partial charge in [-0.25, -0.2) is 4.39 Å². The zero-order chi connectivity index (χ0) is 14.0. The van der Waals surface area contributed by atoms with E-state index in [9.17, 15) is 9.18 Å². The molecule has 1 heterocycles. The maximum atomic E-state index is 13.5. The second-order valence-corrected chi connectivity index (χ2v) is 4.51. The summed E-state index contributed by atoms with van der Waals surface area (Å²) in [6, 6.07) is 5.44. The fraction of sp³-hybridized carbons (Fsp3) is 0.250. The number of carbonyl (C=O) groups is 1. The molecule has 0 aliphatic carbocycles. The van der Waals surface area contributed by atoms with Gasteiger partial charge in [0.25, 0.3) is 5.91 Å². The standard InChI is InChI=1S/C12H13FN4OS/c1-7(10-15-16-12(19)17(10)2)14-11(18)8-5-3-4-6-9(8)13/h3-7H,1-2H3,(H,14,18)(H,16,19). The van der Waals surface area contributed by atoms with Crippen LogP contribution in [0, 0.1) is 10.6 Å². The first-order valence-corrected chi connectivity index (χ1v) is 6.08. The van der Waals surface area contributed by atoms with E-state index in [1.165, 1.54) is 18.2 Å². The quantitative estimate of drug-likeness (QED) is 0.846. The Balaban J connectivity index is 2.18. The lowest BCUT2D eigenvalue weighted by atomic mass is 10.2. The van der Waals surface area contributed by atoms with E-state index in [0.717, 1.165) is 0 Å². The van der Waals surface area contributed by atoms with Gasteiger partial charge in [-0.2, -0.15) is 5.10 Å². The molecule has 0 aliphatic rings. The van der Waals surface area contributed by atoms with E-state index in [0.29, 0.717) is 10.6 Å². The molecule has 1 aromatic heterocycles. The van der Waals surface area contributed by atoms with Crippen LogP contribution in [0.5, 0.6) is 0 Å². The summed E-state index contributed by atoms with van der Waals surface area (Å²) >= 11 is 4.99. The van der Waals surface area contributed by atoms with Gasteiger partial charge in [0.15, 0.2) is 10.6 Å². The number of rotatable bonds is 3. The maximum absolute atomic E-state index is 13.5. The van der Waals surface area contributed by atoms with Crippen LogP contribution in [0.1, 0.15) is 29.1 Å². The number of nitrogens with zero attached hydrogens (tertiary/aromatic N) is 2. The van der Waals surface area contributed by atoms with Crippen LogP contribution in [0.4, 0.5) is 4.39 Å². The lowest BCUT2D eigenvalue weighted by Crippen LogP contribution is -2.29. The van der Waals surface area contributed by atoms with Crippen LogP contribution in [0.2, 0.25) is 0 Å². The number of aromatic nitrogens is 3. The molecule has 2 N–H and O–H groups in total. The van der Waals surface area contributed by atoms with Crippen molar-refractivity contribution in [2.24, 2.45) is 7.05 Å². The molecule has 100 valence electrons. The minimum Gasteiger partial charge on any atom is -0.342 e. The van der Waals surface area contributed by atoms with Crippen LogP contribution in [0.3, 0.4) is 0 Å². The molecule has 0 spiro atoms. The number of nitrogens with one attached hydrogen (secondary N) is 2. The number of H-pyrrole nitrogens is 1. The van der Waals surface area contributed by atoms with Crippen molar-refractivity contribution in [2.45, 2.75) is 13.0 Å². The van der Waals surface area contributed by atoms with Crippen LogP contribution >= 0.6 is 12.2 Å². The van der Waals surface area contributed by atoms with Crippen LogP contribution < -0.4 is 5.32 Å². The first-order chi connectivity index (χ1) is 9.00. The predicted molar refractivity (Wildman–Crippen MR) is 70.7 cm³/mol. The fourth-order valence-electron chi connectivity index (χ4n) is 1.73. The van der Waals surface area contributed by atoms with E-state index >= 15 is 0 Å². The van der Waals surface area contributed by atoms with Crippen molar-refractivity contribution < 1.29 is 9.18 Å². The molecule has 0 fully saturated rings. The van der Waals surface area contributed by atoms with Gasteiger partial charge >= 0.3 is 0 Å². The highest BCUT2D eigenvalue weighted by Crippen LogP contribution is 2.11. The van der Waals surface area contributed by atoms with Crippen LogP contribution in [0.25, 0.3) is 0 Å². The monoisotopic (exact) mass is 280 g/mol. The molecule has 1 unspecified atom stereocenters. The van der Waals surface area contributed by atoms with Crippen molar-refractivity contribution in [1.29, 1.82) is 0 Å². The number of benzene rings is 1. The summed E-state index contributed by atoms with van der Waals surface area (Å²) in [5, 5.41) is 9.33. The van der Waals surface area contributed by atoms with Gasteiger partial charge in [0, 0.05) is 7.05 Å². The molecule has 1 aromatic carbocycles. The SMILES string of the molecule is CC(NC(=O)c1ccccc1F)c1n[nH]c(=S)n1C. The third-order valence-corrected chi connectivity index (χ3v) is 3.13. The Bertz CT molecular complexity index is 664. The summed E-state index contributed by atoms with van der Waals surface area (Å²) in [4.78, 5) is 11.9. The average Bonchev–Trinajstić information content (AvgIpc) is 2.70. The average molecular weight is 280 g/mol. The predicted octanol–water partition coefficient (Wildman–Crippen LogP) is 2.11. The van der Waals surface area contributed by atoms with Crippen LogP contribution in [-0.4, -0.2) is 20.7 Å². The molecule has 0 bridgehead atoms. The molecule has 1 atom stereocenters. The summed E-state index contributed by atoms with van der Waals surface area (Å²) in [6.45, 7) is 1.75. The summed E-state index contributed by atoms with van der Waals surface area (Å²) in [5.74, 6) is -0.461. The van der Waals surface area contributed by atoms with Gasteiger partial charge in [-0.15, -0.1) is 0 Å². The van der Waals surface area contributed by atoms with E-state index in [2.05, 4.69) is 15.5 Å². The van der Waals surface area contributed by atoms with E-state index in [-0.39, 0.29) is 11.6 Å². The van der Waals surface area contributed by atoms with E-state index in [1.807, 2.05) is 0 Å². The molecule has 2 rings (SSSR count). The van der Waals surface area contributed by atoms with Crippen molar-refractivity contribution in [2.75, 3.05) is 0 Å². The van der Waals surface area contributed by atoms with Gasteiger partial charge in [0.1, 0.15) is 5.82 Å². The van der Waals surface area contributed by atoms with Gasteiger partial charge in [-0.3, -0.25) is 9.89 Å². The molecule has 0 saturated carbocycles. The zero-order valence-corrected chi connectivity index (χ0v) is 11.3. The highest BCUT2D eigenvalue weighted by molar-refractivity contribution is 7.71. The summed E-state index contributed by atoms with van der Waals surface area (Å²) in [7, 11) is 1.74. The topological polar surface area (TPSA) is 62.7 Å². The number of amides is 1. The van der Waals surface area contributed by atoms with Crippen molar-refractivity contribution in [3.8, 4) is 0 Å². The minimum atomic E-state index is -0.553. The van der Waals surface area contributed by atoms with Crippen molar-refractivity contribution in [3.05, 3.63) is 46.2 Å². The number of halogens is 1. The van der Waals surface area contributed by atoms with E-state index in [4.69, 9.17) is 12.2 Å². The lowest BCUT2D eigenvalue weighted by molar-refractivity contribution is 0.0933. The van der Waals surface area contributed by atoms with Gasteiger partial charge < -0.3 is 9.88 Å². The van der Waals surface area contributed by atoms with E-state index < -0.39 is 11.7 Å². The Morgan fingerprint density at radius 3 is 2.79 bits per heavy atom. The molecular formula is C12H13FN4OS. The fourth-order valence-corrected chi connectivity index (χ4v) is 1.87. The first kappa shape index (κ1) is 13.4. The van der Waals surface area contributed by atoms with Gasteiger partial charge in [0.05, 0.1) is 11.6 Å². The highest BCUT2D eigenvalue weighted by atomic mass is 32.1. The van der Waals surface area contributed by atoms with Crippen LogP contribution in [0.15, 0.2) is 24.3 Å². The Labute approximate surface area is 114 Å². The van der Waals surface area contributed by atoms with E-state index in [1.54, 1.807) is 24.6 Å². The molecule has 0 aliphatic heterocycles. The molecular weight excluding hydrogens is 267 g/mol. The number of hydrogen-bond acceptors (Lipinski definition) is 3. The van der Waals surface area contributed by atoms with Crippen molar-refractivity contribution in [3.63, 3.8) is 0 Å². The Hall–Kier alpha value is -2.02. The maximum Gasteiger partial charge on any atom is 0.254 e. The normalized spacial score (nSPS) is 12.2. The van der Waals surface area contributed by atoms with Crippen LogP contribution in [-0.2, 0) is 7.05 Å². The molecule has 7 heteroatoms. The Morgan fingerprint density at radius 2 is 2.21 bits per heavy atom. The molecule has 19 heavy (non-hydrogen) atoms. The molecule has 0 saturated heterocycles. The second kappa shape index (κ2) is 5.31. The Kier molecular flexibility index (Phi) is 3.75. The van der Waals surface area contributed by atoms with Gasteiger partial charge in [0.2, 0.25) is 0 Å². The second-order valence-electron chi connectivity index (χ2n) is 4.12. The molecule has 0 radical (unpaired) electrons. The smallest absolute Gasteiger partial charge is 0.254 e. The number of carbonyl (C=O) groups excluding carboxylic acids is 1. The third-order valence-electron chi connectivity index (χ3n) is 2.77. The van der Waals surface area contributed by atoms with Gasteiger partial charge in [-0.1, -0.05) is 12.1 Å². The molecule has 5 nitrogen and oxygen atoms in total. The molecule has 1 amide bonds. The van der Waals surface area contributed by atoms with Crippen molar-refractivity contribution in [1.82, 2.24) is 20.1 Å². The third kappa shape index (κ3) is 2.70. The largest absolute Gasteiger partial charge is 0.342 e. The van der Waals surface area contributed by atoms with Crippen molar-refractivity contribution >= 4 is 18.1 Å².